The Morgan fingerprint density at radius 3 is 1.14 bits per heavy atom. The average molecular weight is 731 g/mol. The van der Waals surface area contributed by atoms with E-state index in [4.69, 9.17) is 9.47 Å². The van der Waals surface area contributed by atoms with Crippen molar-refractivity contribution in [3.8, 4) is 23.3 Å². The van der Waals surface area contributed by atoms with E-state index >= 15 is 0 Å². The van der Waals surface area contributed by atoms with Gasteiger partial charge < -0.3 is 9.47 Å². The van der Waals surface area contributed by atoms with E-state index in [2.05, 4.69) is 81.8 Å². The molecule has 4 heteroatoms. The Hall–Kier alpha value is -1.44. The zero-order chi connectivity index (χ0) is 31.2. The van der Waals surface area contributed by atoms with E-state index < -0.39 is 0 Å². The Labute approximate surface area is 287 Å². The molecule has 0 bridgehead atoms. The van der Waals surface area contributed by atoms with Crippen molar-refractivity contribution >= 4 is 31.9 Å². The van der Waals surface area contributed by atoms with Gasteiger partial charge in [-0.05, 0) is 92.9 Å². The van der Waals surface area contributed by atoms with E-state index in [0.717, 1.165) is 70.5 Å². The van der Waals surface area contributed by atoms with Crippen LogP contribution in [-0.2, 0) is 12.8 Å². The lowest BCUT2D eigenvalue weighted by atomic mass is 9.94. The average Bonchev–Trinajstić information content (AvgIpc) is 3.02. The molecule has 0 fully saturated rings. The minimum absolute atomic E-state index is 0.772. The van der Waals surface area contributed by atoms with Gasteiger partial charge in [0.15, 0.2) is 0 Å². The highest BCUT2D eigenvalue weighted by atomic mass is 79.9. The summed E-state index contributed by atoms with van der Waals surface area (Å²) in [5, 5.41) is 0. The van der Waals surface area contributed by atoms with E-state index in [0.29, 0.717) is 0 Å². The summed E-state index contributed by atoms with van der Waals surface area (Å²) in [5.74, 6) is 8.76. The van der Waals surface area contributed by atoms with Crippen LogP contribution in [0, 0.1) is 11.8 Å². The van der Waals surface area contributed by atoms with Crippen molar-refractivity contribution in [1.29, 1.82) is 0 Å². The fourth-order valence-corrected chi connectivity index (χ4v) is 7.39. The summed E-state index contributed by atoms with van der Waals surface area (Å²) in [6.45, 7) is 6.11. The number of fused-ring (bicyclic) bond motifs is 2. The summed E-state index contributed by atoms with van der Waals surface area (Å²) >= 11 is 7.76. The van der Waals surface area contributed by atoms with Gasteiger partial charge in [-0.3, -0.25) is 0 Å². The smallest absolute Gasteiger partial charge is 0.133 e. The maximum atomic E-state index is 6.24. The van der Waals surface area contributed by atoms with Gasteiger partial charge in [-0.1, -0.05) is 141 Å². The largest absolute Gasteiger partial charge is 0.492 e. The summed E-state index contributed by atoms with van der Waals surface area (Å²) in [6.07, 6.45) is 28.5. The molecule has 0 spiro atoms. The molecular weight excluding hydrogens is 672 g/mol. The molecule has 0 unspecified atom stereocenters. The number of ether oxygens (including phenoxy) is 2. The molecule has 0 atom stereocenters. The summed E-state index contributed by atoms with van der Waals surface area (Å²) in [5.41, 5.74) is 4.66. The molecule has 0 saturated heterocycles. The number of benzene rings is 2. The maximum Gasteiger partial charge on any atom is 0.133 e. The highest BCUT2D eigenvalue weighted by Gasteiger charge is 2.18. The van der Waals surface area contributed by atoms with E-state index in [1.165, 1.54) is 127 Å². The van der Waals surface area contributed by atoms with Crippen molar-refractivity contribution in [3.05, 3.63) is 55.5 Å². The first-order valence-electron chi connectivity index (χ1n) is 18.1. The van der Waals surface area contributed by atoms with Gasteiger partial charge in [0.2, 0.25) is 0 Å². The lowest BCUT2D eigenvalue weighted by Gasteiger charge is -2.18. The molecule has 3 rings (SSSR count). The molecule has 1 aliphatic rings. The van der Waals surface area contributed by atoms with Gasteiger partial charge in [-0.2, -0.15) is 0 Å². The summed E-state index contributed by atoms with van der Waals surface area (Å²) < 4.78 is 14.6. The van der Waals surface area contributed by atoms with Crippen LogP contribution in [0.15, 0.2) is 33.2 Å². The Morgan fingerprint density at radius 2 is 0.795 bits per heavy atom. The normalized spacial score (nSPS) is 12.1. The van der Waals surface area contributed by atoms with E-state index in [1.54, 1.807) is 0 Å². The molecule has 0 saturated carbocycles. The molecule has 244 valence electrons. The molecule has 1 aliphatic carbocycles. The molecule has 2 aromatic carbocycles. The fraction of sp³-hybridized carbons (Fsp3) is 0.650. The molecule has 0 heterocycles. The highest BCUT2D eigenvalue weighted by Crippen LogP contribution is 2.37. The Morgan fingerprint density at radius 1 is 0.477 bits per heavy atom. The predicted molar refractivity (Wildman–Crippen MR) is 196 cm³/mol. The van der Waals surface area contributed by atoms with Gasteiger partial charge in [0.25, 0.3) is 0 Å². The number of hydrogen-bond acceptors (Lipinski definition) is 2. The number of rotatable bonds is 24. The zero-order valence-corrected chi connectivity index (χ0v) is 31.0. The third kappa shape index (κ3) is 13.5. The SMILES string of the molecule is CCCCCCCCCCCCOc1ccc2c(c1Br)CCc1c(ccc(OCCCCCCCCCCCC)c1Br)C#C2. The Balaban J connectivity index is 1.41. The van der Waals surface area contributed by atoms with E-state index in [1.807, 2.05) is 0 Å². The van der Waals surface area contributed by atoms with Crippen LogP contribution in [-0.4, -0.2) is 13.2 Å². The van der Waals surface area contributed by atoms with Crippen LogP contribution < -0.4 is 9.47 Å². The molecule has 0 N–H and O–H groups in total. The van der Waals surface area contributed by atoms with Gasteiger partial charge in [0.05, 0.1) is 22.2 Å². The van der Waals surface area contributed by atoms with Gasteiger partial charge in [0.1, 0.15) is 11.5 Å². The second kappa shape index (κ2) is 23.0. The second-order valence-corrected chi connectivity index (χ2v) is 14.2. The Bertz CT molecular complexity index is 1060. The molecule has 0 radical (unpaired) electrons. The van der Waals surface area contributed by atoms with Crippen LogP contribution in [0.4, 0.5) is 0 Å². The molecule has 0 aliphatic heterocycles. The topological polar surface area (TPSA) is 18.5 Å². The van der Waals surface area contributed by atoms with Crippen LogP contribution in [0.1, 0.15) is 165 Å². The zero-order valence-electron chi connectivity index (χ0n) is 27.9. The monoisotopic (exact) mass is 728 g/mol. The fourth-order valence-electron chi connectivity index (χ4n) is 6.07. The summed E-state index contributed by atoms with van der Waals surface area (Å²) in [4.78, 5) is 0. The minimum atomic E-state index is 0.772. The van der Waals surface area contributed by atoms with Crippen LogP contribution in [0.2, 0.25) is 0 Å². The summed E-state index contributed by atoms with van der Waals surface area (Å²) in [6, 6.07) is 8.42. The van der Waals surface area contributed by atoms with Crippen molar-refractivity contribution in [2.75, 3.05) is 13.2 Å². The molecule has 2 nitrogen and oxygen atoms in total. The van der Waals surface area contributed by atoms with Crippen molar-refractivity contribution in [2.24, 2.45) is 0 Å². The lowest BCUT2D eigenvalue weighted by Crippen LogP contribution is -2.06. The molecule has 44 heavy (non-hydrogen) atoms. The van der Waals surface area contributed by atoms with E-state index in [-0.39, 0.29) is 0 Å². The molecule has 0 amide bonds. The van der Waals surface area contributed by atoms with Crippen molar-refractivity contribution < 1.29 is 9.47 Å². The van der Waals surface area contributed by atoms with E-state index in [9.17, 15) is 0 Å². The third-order valence-corrected chi connectivity index (χ3v) is 10.6. The van der Waals surface area contributed by atoms with Crippen LogP contribution >= 0.6 is 31.9 Å². The second-order valence-electron chi connectivity index (χ2n) is 12.6. The summed E-state index contributed by atoms with van der Waals surface area (Å²) in [7, 11) is 0. The van der Waals surface area contributed by atoms with Crippen molar-refractivity contribution in [1.82, 2.24) is 0 Å². The van der Waals surface area contributed by atoms with Crippen molar-refractivity contribution in [2.45, 2.75) is 155 Å². The van der Waals surface area contributed by atoms with Gasteiger partial charge >= 0.3 is 0 Å². The standard InChI is InChI=1S/C40H58Br2O2/c1-3-5-7-9-11-13-15-17-19-21-31-43-37-29-25-33-23-24-34-26-30-38(40(42)36(34)28-27-35(33)39(37)41)44-32-22-20-18-16-14-12-10-8-6-4-2/h25-26,29-30H,3-22,27-28,31-32H2,1-2H3. The molecule has 2 aromatic rings. The third-order valence-electron chi connectivity index (χ3n) is 8.88. The first-order chi connectivity index (χ1) is 21.7. The molecule has 0 aromatic heterocycles. The predicted octanol–water partition coefficient (Wildman–Crippen LogP) is 13.3. The molecular formula is C40H58Br2O2. The van der Waals surface area contributed by atoms with Crippen LogP contribution in [0.25, 0.3) is 0 Å². The Kier molecular flexibility index (Phi) is 19.3. The number of unbranched alkanes of at least 4 members (excludes halogenated alkanes) is 18. The maximum absolute atomic E-state index is 6.24. The number of hydrogen-bond donors (Lipinski definition) is 0. The van der Waals surface area contributed by atoms with Gasteiger partial charge in [-0.25, -0.2) is 0 Å². The first kappa shape index (κ1) is 37.0. The highest BCUT2D eigenvalue weighted by molar-refractivity contribution is 9.11. The quantitative estimate of drug-likeness (QED) is 0.0791. The van der Waals surface area contributed by atoms with Crippen LogP contribution in [0.3, 0.4) is 0 Å². The van der Waals surface area contributed by atoms with Gasteiger partial charge in [-0.15, -0.1) is 0 Å². The van der Waals surface area contributed by atoms with Crippen LogP contribution in [0.5, 0.6) is 11.5 Å². The minimum Gasteiger partial charge on any atom is -0.492 e. The number of halogens is 2. The van der Waals surface area contributed by atoms with Gasteiger partial charge in [0, 0.05) is 11.1 Å². The first-order valence-corrected chi connectivity index (χ1v) is 19.6. The van der Waals surface area contributed by atoms with Crippen molar-refractivity contribution in [3.63, 3.8) is 0 Å². The lowest BCUT2D eigenvalue weighted by molar-refractivity contribution is 0.301.